The molecular formula is H2CaCsO2+. The third-order valence-corrected chi connectivity index (χ3v) is 0. The molecule has 0 aliphatic rings. The summed E-state index contributed by atoms with van der Waals surface area (Å²) in [5, 5.41) is 0. The predicted octanol–water partition coefficient (Wildman–Crippen LogP) is -3.73. The third-order valence-electron chi connectivity index (χ3n) is 0. The molecule has 2 nitrogen and oxygen atoms in total. The maximum atomic E-state index is 0. The zero-order valence-corrected chi connectivity index (χ0v) is 11.1. The summed E-state index contributed by atoms with van der Waals surface area (Å²) in [5.41, 5.74) is 0. The standard InChI is InChI=1S/Ca.Cs.2H2O/h;;2*1H2/q+2;+1;;/p-2. The van der Waals surface area contributed by atoms with Crippen molar-refractivity contribution in [2.24, 2.45) is 0 Å². The van der Waals surface area contributed by atoms with Gasteiger partial charge in [0.1, 0.15) is 0 Å². The first-order valence-corrected chi connectivity index (χ1v) is 0. The molecule has 0 fully saturated rings. The van der Waals surface area contributed by atoms with Crippen molar-refractivity contribution >= 4 is 37.7 Å². The van der Waals surface area contributed by atoms with E-state index in [1.54, 1.807) is 0 Å². The van der Waals surface area contributed by atoms with Crippen molar-refractivity contribution < 1.29 is 79.8 Å². The Morgan fingerprint density at radius 2 is 0.750 bits per heavy atom. The SMILES string of the molecule is [Ca+2].[Cs+].[OH-].[OH-]. The second kappa shape index (κ2) is 16.3. The van der Waals surface area contributed by atoms with Gasteiger partial charge in [0.05, 0.1) is 0 Å². The second-order valence-corrected chi connectivity index (χ2v) is 0. The average molecular weight is 207 g/mol. The van der Waals surface area contributed by atoms with Gasteiger partial charge in [-0.25, -0.2) is 0 Å². The van der Waals surface area contributed by atoms with E-state index in [0.29, 0.717) is 0 Å². The molecule has 0 saturated heterocycles. The van der Waals surface area contributed by atoms with E-state index in [2.05, 4.69) is 0 Å². The quantitative estimate of drug-likeness (QED) is 0.383. The zero-order valence-electron chi connectivity index (χ0n) is 2.60. The van der Waals surface area contributed by atoms with Crippen LogP contribution in [0.1, 0.15) is 0 Å². The van der Waals surface area contributed by atoms with Crippen LogP contribution in [0.15, 0.2) is 0 Å². The Bertz CT molecular complexity index is 6.00. The molecule has 0 bridgehead atoms. The van der Waals surface area contributed by atoms with E-state index in [4.69, 9.17) is 0 Å². The first kappa shape index (κ1) is 26.9. The first-order chi connectivity index (χ1) is 0. The Labute approximate surface area is 114 Å². The summed E-state index contributed by atoms with van der Waals surface area (Å²) in [6.45, 7) is 0. The van der Waals surface area contributed by atoms with Crippen LogP contribution in [-0.2, 0) is 0 Å². The van der Waals surface area contributed by atoms with Crippen molar-refractivity contribution in [3.63, 3.8) is 0 Å². The third kappa shape index (κ3) is 8.97. The van der Waals surface area contributed by atoms with Gasteiger partial charge in [0.2, 0.25) is 0 Å². The average Bonchev–Trinajstić information content (AvgIpc) is 0. The Kier molecular flexibility index (Phi) is 110. The molecule has 0 atom stereocenters. The van der Waals surface area contributed by atoms with Crippen molar-refractivity contribution in [1.29, 1.82) is 0 Å². The fourth-order valence-electron chi connectivity index (χ4n) is 0. The van der Waals surface area contributed by atoms with Gasteiger partial charge in [-0.15, -0.1) is 0 Å². The zero-order chi connectivity index (χ0) is 0. The van der Waals surface area contributed by atoms with E-state index >= 15 is 0 Å². The van der Waals surface area contributed by atoms with E-state index in [-0.39, 0.29) is 118 Å². The predicted molar refractivity (Wildman–Crippen MR) is 9.63 cm³/mol. The van der Waals surface area contributed by atoms with E-state index in [0.717, 1.165) is 0 Å². The molecule has 16 valence electrons. The van der Waals surface area contributed by atoms with E-state index in [9.17, 15) is 0 Å². The fraction of sp³-hybridized carbons (Fsp3) is 0. The smallest absolute Gasteiger partial charge is 0.870 e. The van der Waals surface area contributed by atoms with Gasteiger partial charge < -0.3 is 11.0 Å². The van der Waals surface area contributed by atoms with Gasteiger partial charge in [0.15, 0.2) is 0 Å². The van der Waals surface area contributed by atoms with Crippen LogP contribution in [0.2, 0.25) is 0 Å². The van der Waals surface area contributed by atoms with Crippen molar-refractivity contribution in [2.45, 2.75) is 0 Å². The fourth-order valence-corrected chi connectivity index (χ4v) is 0. The van der Waals surface area contributed by atoms with Gasteiger partial charge >= 0.3 is 107 Å². The van der Waals surface area contributed by atoms with Gasteiger partial charge in [0, 0.05) is 0 Å². The minimum Gasteiger partial charge on any atom is -0.870 e. The van der Waals surface area contributed by atoms with Crippen molar-refractivity contribution in [3.8, 4) is 0 Å². The number of hydrogen-bond acceptors (Lipinski definition) is 2. The molecule has 0 aliphatic carbocycles. The summed E-state index contributed by atoms with van der Waals surface area (Å²) < 4.78 is 0. The molecule has 0 saturated carbocycles. The van der Waals surface area contributed by atoms with E-state index < -0.39 is 0 Å². The Morgan fingerprint density at radius 3 is 0.750 bits per heavy atom. The van der Waals surface area contributed by atoms with Crippen LogP contribution in [0, 0.1) is 0 Å². The summed E-state index contributed by atoms with van der Waals surface area (Å²) in [7, 11) is 0. The van der Waals surface area contributed by atoms with Crippen LogP contribution in [0.3, 0.4) is 0 Å². The Balaban J connectivity index is 0. The monoisotopic (exact) mass is 207 g/mol. The summed E-state index contributed by atoms with van der Waals surface area (Å²) in [6.07, 6.45) is 0. The normalized spacial score (nSPS) is 0. The molecule has 2 N–H and O–H groups in total. The maximum absolute atomic E-state index is 0. The largest absolute Gasteiger partial charge is 2.00 e. The van der Waals surface area contributed by atoms with Gasteiger partial charge in [-0.05, 0) is 0 Å². The first-order valence-electron chi connectivity index (χ1n) is 0. The molecule has 0 aliphatic heterocycles. The molecule has 0 spiro atoms. The second-order valence-electron chi connectivity index (χ2n) is 0. The maximum Gasteiger partial charge on any atom is 2.00 e. The van der Waals surface area contributed by atoms with Crippen molar-refractivity contribution in [1.82, 2.24) is 0 Å². The van der Waals surface area contributed by atoms with Crippen molar-refractivity contribution in [3.05, 3.63) is 0 Å². The van der Waals surface area contributed by atoms with E-state index in [1.807, 2.05) is 0 Å². The summed E-state index contributed by atoms with van der Waals surface area (Å²) >= 11 is 0. The Hall–Kier alpha value is 3.23. The molecule has 4 heavy (non-hydrogen) atoms. The summed E-state index contributed by atoms with van der Waals surface area (Å²) in [4.78, 5) is 0. The number of rotatable bonds is 0. The molecule has 0 heterocycles. The van der Waals surface area contributed by atoms with Gasteiger partial charge in [0.25, 0.3) is 0 Å². The molecule has 0 aromatic rings. The van der Waals surface area contributed by atoms with Crippen LogP contribution < -0.4 is 68.9 Å². The Morgan fingerprint density at radius 1 is 0.750 bits per heavy atom. The number of hydrogen-bond donors (Lipinski definition) is 0. The summed E-state index contributed by atoms with van der Waals surface area (Å²) in [6, 6.07) is 0. The van der Waals surface area contributed by atoms with Crippen molar-refractivity contribution in [2.75, 3.05) is 0 Å². The van der Waals surface area contributed by atoms with Crippen LogP contribution >= 0.6 is 0 Å². The van der Waals surface area contributed by atoms with Gasteiger partial charge in [-0.2, -0.15) is 0 Å². The van der Waals surface area contributed by atoms with E-state index in [1.165, 1.54) is 0 Å². The molecular weight excluding hydrogens is 205 g/mol. The minimum absolute atomic E-state index is 0. The molecule has 0 amide bonds. The van der Waals surface area contributed by atoms with Crippen LogP contribution in [0.25, 0.3) is 0 Å². The molecule has 0 aromatic heterocycles. The van der Waals surface area contributed by atoms with Crippen LogP contribution in [0.4, 0.5) is 0 Å². The molecule has 0 unspecified atom stereocenters. The minimum atomic E-state index is 0. The van der Waals surface area contributed by atoms with Gasteiger partial charge in [-0.3, -0.25) is 0 Å². The van der Waals surface area contributed by atoms with Crippen LogP contribution in [0.5, 0.6) is 0 Å². The molecule has 0 rings (SSSR count). The molecule has 0 radical (unpaired) electrons. The van der Waals surface area contributed by atoms with Gasteiger partial charge in [-0.1, -0.05) is 0 Å². The summed E-state index contributed by atoms with van der Waals surface area (Å²) in [5.74, 6) is 0. The van der Waals surface area contributed by atoms with Crippen LogP contribution in [-0.4, -0.2) is 48.7 Å². The molecule has 0 aromatic carbocycles. The topological polar surface area (TPSA) is 60.0 Å². The molecule has 4 heteroatoms.